The first-order chi connectivity index (χ1) is 9.31. The first-order valence-corrected chi connectivity index (χ1v) is 6.64. The van der Waals surface area contributed by atoms with Gasteiger partial charge in [-0.25, -0.2) is 0 Å². The lowest BCUT2D eigenvalue weighted by Crippen LogP contribution is -2.34. The second kappa shape index (κ2) is 7.14. The molecule has 1 unspecified atom stereocenters. The van der Waals surface area contributed by atoms with E-state index in [1.165, 1.54) is 0 Å². The lowest BCUT2D eigenvalue weighted by atomic mass is 10.1. The van der Waals surface area contributed by atoms with Gasteiger partial charge < -0.3 is 15.1 Å². The number of rotatable bonds is 7. The van der Waals surface area contributed by atoms with E-state index in [9.17, 15) is 9.59 Å². The van der Waals surface area contributed by atoms with Gasteiger partial charge in [-0.1, -0.05) is 18.5 Å². The van der Waals surface area contributed by atoms with E-state index < -0.39 is 17.9 Å². The molecule has 0 fully saturated rings. The number of halogens is 1. The quantitative estimate of drug-likeness (QED) is 0.809. The minimum Gasteiger partial charge on any atom is -0.481 e. The van der Waals surface area contributed by atoms with E-state index in [1.54, 1.807) is 30.0 Å². The Morgan fingerprint density at radius 1 is 1.35 bits per heavy atom. The van der Waals surface area contributed by atoms with E-state index in [4.69, 9.17) is 21.8 Å². The van der Waals surface area contributed by atoms with Gasteiger partial charge in [0.15, 0.2) is 0 Å². The van der Waals surface area contributed by atoms with Crippen molar-refractivity contribution in [3.63, 3.8) is 0 Å². The largest absolute Gasteiger partial charge is 0.481 e. The van der Waals surface area contributed by atoms with Gasteiger partial charge in [0.2, 0.25) is 0 Å². The highest BCUT2D eigenvalue weighted by molar-refractivity contribution is 6.30. The molecule has 5 nitrogen and oxygen atoms in total. The molecule has 1 atom stereocenters. The fourth-order valence-electron chi connectivity index (χ4n) is 1.92. The van der Waals surface area contributed by atoms with Crippen LogP contribution in [0.4, 0.5) is 5.69 Å². The topological polar surface area (TPSA) is 77.8 Å². The van der Waals surface area contributed by atoms with Crippen LogP contribution in [0.3, 0.4) is 0 Å². The van der Waals surface area contributed by atoms with Gasteiger partial charge in [-0.05, 0) is 30.7 Å². The Bertz CT molecular complexity index is 504. The molecule has 20 heavy (non-hydrogen) atoms. The van der Waals surface area contributed by atoms with Crippen LogP contribution in [0.5, 0.6) is 0 Å². The minimum absolute atomic E-state index is 0.0472. The summed E-state index contributed by atoms with van der Waals surface area (Å²) in [4.78, 5) is 23.5. The third-order valence-corrected chi connectivity index (χ3v) is 3.25. The molecule has 1 rings (SSSR count). The first kappa shape index (κ1) is 16.3. The summed E-state index contributed by atoms with van der Waals surface area (Å²) in [5, 5.41) is 18.4. The molecule has 1 aromatic carbocycles. The van der Waals surface area contributed by atoms with Gasteiger partial charge in [-0.2, -0.15) is 0 Å². The zero-order valence-electron chi connectivity index (χ0n) is 11.5. The highest BCUT2D eigenvalue weighted by Gasteiger charge is 2.18. The molecular weight excluding hydrogens is 282 g/mol. The van der Waals surface area contributed by atoms with Crippen molar-refractivity contribution in [2.45, 2.75) is 20.3 Å². The van der Waals surface area contributed by atoms with Crippen LogP contribution in [0.2, 0.25) is 5.02 Å². The number of nitrogens with zero attached hydrogens (tertiary/aromatic N) is 1. The van der Waals surface area contributed by atoms with Crippen LogP contribution in [0, 0.1) is 12.8 Å². The second-order valence-corrected chi connectivity index (χ2v) is 5.20. The van der Waals surface area contributed by atoms with E-state index in [1.807, 2.05) is 6.92 Å². The second-order valence-electron chi connectivity index (χ2n) is 4.76. The fraction of sp³-hybridized carbons (Fsp3) is 0.429. The smallest absolute Gasteiger partial charge is 0.308 e. The van der Waals surface area contributed by atoms with Crippen molar-refractivity contribution in [3.8, 4) is 0 Å². The Morgan fingerprint density at radius 2 is 2.00 bits per heavy atom. The molecule has 0 radical (unpaired) electrons. The van der Waals surface area contributed by atoms with Crippen molar-refractivity contribution in [2.24, 2.45) is 5.92 Å². The van der Waals surface area contributed by atoms with Crippen LogP contribution >= 0.6 is 11.6 Å². The number of carbonyl (C=O) groups is 2. The van der Waals surface area contributed by atoms with E-state index in [2.05, 4.69) is 0 Å². The molecule has 0 aromatic heterocycles. The van der Waals surface area contributed by atoms with Gasteiger partial charge in [0.1, 0.15) is 0 Å². The zero-order chi connectivity index (χ0) is 15.3. The van der Waals surface area contributed by atoms with Crippen LogP contribution in [0.15, 0.2) is 18.2 Å². The summed E-state index contributed by atoms with van der Waals surface area (Å²) in [6, 6.07) is 5.27. The van der Waals surface area contributed by atoms with Gasteiger partial charge in [0, 0.05) is 23.8 Å². The van der Waals surface area contributed by atoms with Crippen molar-refractivity contribution in [2.75, 3.05) is 18.0 Å². The van der Waals surface area contributed by atoms with Crippen molar-refractivity contribution in [1.29, 1.82) is 0 Å². The molecule has 1 aromatic rings. The molecule has 0 heterocycles. The molecule has 0 saturated carbocycles. The summed E-state index contributed by atoms with van der Waals surface area (Å²) in [6.45, 7) is 3.97. The number of hydrogen-bond acceptors (Lipinski definition) is 3. The molecule has 0 bridgehead atoms. The minimum atomic E-state index is -0.912. The molecule has 0 aliphatic rings. The lowest BCUT2D eigenvalue weighted by Gasteiger charge is -2.27. The van der Waals surface area contributed by atoms with Crippen molar-refractivity contribution >= 4 is 29.2 Å². The molecule has 2 N–H and O–H groups in total. The van der Waals surface area contributed by atoms with E-state index in [-0.39, 0.29) is 19.5 Å². The summed E-state index contributed by atoms with van der Waals surface area (Å²) in [6.07, 6.45) is -0.0472. The van der Waals surface area contributed by atoms with Gasteiger partial charge in [-0.15, -0.1) is 0 Å². The molecular formula is C14H18ClNO4. The van der Waals surface area contributed by atoms with Gasteiger partial charge >= 0.3 is 11.9 Å². The lowest BCUT2D eigenvalue weighted by molar-refractivity contribution is -0.140. The van der Waals surface area contributed by atoms with Crippen LogP contribution in [-0.2, 0) is 9.59 Å². The SMILES string of the molecule is Cc1cc(Cl)ccc1N(CCC(=O)O)CC(C)C(=O)O. The highest BCUT2D eigenvalue weighted by Crippen LogP contribution is 2.24. The Kier molecular flexibility index (Phi) is 5.82. The maximum atomic E-state index is 11.0. The van der Waals surface area contributed by atoms with Gasteiger partial charge in [0.05, 0.1) is 12.3 Å². The molecule has 0 spiro atoms. The molecule has 110 valence electrons. The standard InChI is InChI=1S/C14H18ClNO4/c1-9-7-11(15)3-4-12(9)16(6-5-13(17)18)8-10(2)14(19)20/h3-4,7,10H,5-6,8H2,1-2H3,(H,17,18)(H,19,20). The predicted octanol–water partition coefficient (Wildman–Crippen LogP) is 2.65. The Balaban J connectivity index is 2.96. The number of aryl methyl sites for hydroxylation is 1. The third kappa shape index (κ3) is 4.74. The van der Waals surface area contributed by atoms with Gasteiger partial charge in [-0.3, -0.25) is 9.59 Å². The fourth-order valence-corrected chi connectivity index (χ4v) is 2.15. The maximum Gasteiger partial charge on any atom is 0.308 e. The first-order valence-electron chi connectivity index (χ1n) is 6.27. The highest BCUT2D eigenvalue weighted by atomic mass is 35.5. The number of benzene rings is 1. The maximum absolute atomic E-state index is 11.0. The normalized spacial score (nSPS) is 11.9. The molecule has 0 aliphatic carbocycles. The number of aliphatic carboxylic acids is 2. The Morgan fingerprint density at radius 3 is 2.50 bits per heavy atom. The molecule has 0 amide bonds. The van der Waals surface area contributed by atoms with Crippen LogP contribution < -0.4 is 4.90 Å². The summed E-state index contributed by atoms with van der Waals surface area (Å²) in [7, 11) is 0. The Labute approximate surface area is 122 Å². The summed E-state index contributed by atoms with van der Waals surface area (Å²) in [5.41, 5.74) is 1.70. The van der Waals surface area contributed by atoms with Crippen LogP contribution in [-0.4, -0.2) is 35.2 Å². The number of carboxylic acids is 2. The van der Waals surface area contributed by atoms with Gasteiger partial charge in [0.25, 0.3) is 0 Å². The van der Waals surface area contributed by atoms with Crippen molar-refractivity contribution in [1.82, 2.24) is 0 Å². The Hall–Kier alpha value is -1.75. The van der Waals surface area contributed by atoms with Crippen LogP contribution in [0.1, 0.15) is 18.9 Å². The molecule has 0 saturated heterocycles. The molecule has 0 aliphatic heterocycles. The van der Waals surface area contributed by atoms with E-state index in [0.717, 1.165) is 11.3 Å². The van der Waals surface area contributed by atoms with Crippen LogP contribution in [0.25, 0.3) is 0 Å². The predicted molar refractivity (Wildman–Crippen MR) is 77.5 cm³/mol. The number of anilines is 1. The van der Waals surface area contributed by atoms with Crippen molar-refractivity contribution in [3.05, 3.63) is 28.8 Å². The number of carboxylic acid groups (broad SMARTS) is 2. The zero-order valence-corrected chi connectivity index (χ0v) is 12.2. The third-order valence-electron chi connectivity index (χ3n) is 3.01. The van der Waals surface area contributed by atoms with E-state index >= 15 is 0 Å². The average molecular weight is 300 g/mol. The molecule has 6 heteroatoms. The summed E-state index contributed by atoms with van der Waals surface area (Å²) in [5.74, 6) is -2.40. The summed E-state index contributed by atoms with van der Waals surface area (Å²) >= 11 is 5.90. The monoisotopic (exact) mass is 299 g/mol. The van der Waals surface area contributed by atoms with Crippen molar-refractivity contribution < 1.29 is 19.8 Å². The average Bonchev–Trinajstić information content (AvgIpc) is 2.34. The van der Waals surface area contributed by atoms with E-state index in [0.29, 0.717) is 5.02 Å². The number of hydrogen-bond donors (Lipinski definition) is 2. The summed E-state index contributed by atoms with van der Waals surface area (Å²) < 4.78 is 0.